The van der Waals surface area contributed by atoms with Crippen LogP contribution < -0.4 is 0 Å². The summed E-state index contributed by atoms with van der Waals surface area (Å²) in [5, 5.41) is 11.6. The lowest BCUT2D eigenvalue weighted by Crippen LogP contribution is -2.60. The van der Waals surface area contributed by atoms with E-state index in [0.29, 0.717) is 12.8 Å². The third-order valence-electron chi connectivity index (χ3n) is 3.98. The highest BCUT2D eigenvalue weighted by molar-refractivity contribution is 5.89. The van der Waals surface area contributed by atoms with Crippen LogP contribution in [-0.4, -0.2) is 33.4 Å². The van der Waals surface area contributed by atoms with Crippen molar-refractivity contribution in [2.75, 3.05) is 0 Å². The van der Waals surface area contributed by atoms with Crippen molar-refractivity contribution in [3.63, 3.8) is 0 Å². The molecule has 0 aromatic heterocycles. The van der Waals surface area contributed by atoms with E-state index in [2.05, 4.69) is 94.7 Å². The average molecular weight is 456 g/mol. The van der Waals surface area contributed by atoms with Crippen LogP contribution in [0.25, 0.3) is 0 Å². The molecule has 1 rings (SSSR count). The lowest BCUT2D eigenvalue weighted by Gasteiger charge is -2.50. The fourth-order valence-electron chi connectivity index (χ4n) is 2.96. The number of esters is 1. The third-order valence-corrected chi connectivity index (χ3v) is 3.98. The van der Waals surface area contributed by atoms with E-state index in [0.717, 1.165) is 0 Å². The number of nitrogens with zero attached hydrogens (tertiary/aromatic N) is 1. The summed E-state index contributed by atoms with van der Waals surface area (Å²) in [5.41, 5.74) is -1.02. The van der Waals surface area contributed by atoms with Gasteiger partial charge in [-0.2, -0.15) is 5.06 Å². The molecule has 1 saturated heterocycles. The molecule has 0 radical (unpaired) electrons. The Morgan fingerprint density at radius 3 is 1.50 bits per heavy atom. The van der Waals surface area contributed by atoms with E-state index < -0.39 is 17.0 Å². The van der Waals surface area contributed by atoms with Crippen LogP contribution in [0.1, 0.15) is 77.7 Å². The molecular weight excluding hydrogens is 398 g/mol. The van der Waals surface area contributed by atoms with E-state index in [1.807, 2.05) is 27.7 Å². The van der Waals surface area contributed by atoms with Crippen molar-refractivity contribution >= 4 is 5.97 Å². The Bertz CT molecular complexity index is 1230. The second kappa shape index (κ2) is 14.0. The molecule has 1 aliphatic heterocycles. The molecule has 32 heavy (non-hydrogen) atoms. The van der Waals surface area contributed by atoms with Gasteiger partial charge in [0.2, 0.25) is 0 Å². The van der Waals surface area contributed by atoms with Crippen molar-refractivity contribution in [1.29, 1.82) is 0 Å². The first-order valence-corrected chi connectivity index (χ1v) is 9.31. The number of piperidine rings is 1. The third kappa shape index (κ3) is 10.6. The number of carbonyl (C=O) groups excluding carboxylic acids is 1. The van der Waals surface area contributed by atoms with Gasteiger partial charge in [0.1, 0.15) is 6.10 Å². The topological polar surface area (TPSA) is 49.8 Å². The van der Waals surface area contributed by atoms with Crippen molar-refractivity contribution in [2.45, 2.75) is 72.1 Å². The van der Waals surface area contributed by atoms with E-state index in [4.69, 9.17) is 4.74 Å². The van der Waals surface area contributed by atoms with Gasteiger partial charge >= 0.3 is 5.97 Å². The molecule has 1 heterocycles. The molecule has 0 bridgehead atoms. The number of hydroxylamine groups is 2. The van der Waals surface area contributed by atoms with Gasteiger partial charge in [0.15, 0.2) is 0 Å². The molecular formula is C28H57NO3. The molecule has 4 nitrogen and oxygen atoms in total. The van der Waals surface area contributed by atoms with E-state index in [1.54, 1.807) is 6.92 Å². The lowest BCUT2D eigenvalue weighted by molar-refractivity contribution is -0.258. The number of hydrogen-bond acceptors (Lipinski definition) is 4. The van der Waals surface area contributed by atoms with Gasteiger partial charge in [-0.05, 0) is 118 Å². The molecule has 0 aliphatic carbocycles. The van der Waals surface area contributed by atoms with Crippen molar-refractivity contribution in [3.8, 4) is 94.7 Å². The summed E-state index contributed by atoms with van der Waals surface area (Å²) in [6.45, 7) is 9.27. The zero-order valence-electron chi connectivity index (χ0n) is 18.2. The highest BCUT2D eigenvalue weighted by Gasteiger charge is 2.46. The van der Waals surface area contributed by atoms with Gasteiger partial charge in [-0.25, -0.2) is 4.79 Å². The summed E-state index contributed by atoms with van der Waals surface area (Å²) >= 11 is 0. The van der Waals surface area contributed by atoms with Crippen LogP contribution in [0, 0.1) is 94.7 Å². The standard InChI is InChI=1S/C27H21NO3.CH4.16H2/c1-6-7-8-9-10-11-12-13-14-15-16-17-18-19-20-21-25(29)31-24-22-26(2,3)28(30)27(4,5)23-24;;;;;;;;;;;;;;;;;/h24,30H,22-23H2,1-5H3;1H4;16*1H. The Morgan fingerprint density at radius 2 is 1.12 bits per heavy atom. The first kappa shape index (κ1) is 27.9. The molecule has 0 aromatic carbocycles. The summed E-state index contributed by atoms with van der Waals surface area (Å²) in [6.07, 6.45) is 0.679. The van der Waals surface area contributed by atoms with Gasteiger partial charge in [0.05, 0.1) is 0 Å². The van der Waals surface area contributed by atoms with Crippen LogP contribution in [-0.2, 0) is 9.53 Å². The number of rotatable bonds is 1. The molecule has 0 saturated carbocycles. The average Bonchev–Trinajstić information content (AvgIpc) is 2.68. The minimum absolute atomic E-state index is 0. The first-order chi connectivity index (χ1) is 14.7. The van der Waals surface area contributed by atoms with Crippen LogP contribution in [0.2, 0.25) is 0 Å². The molecule has 1 fully saturated rings. The summed E-state index contributed by atoms with van der Waals surface area (Å²) < 4.78 is 5.41. The molecule has 0 spiro atoms. The van der Waals surface area contributed by atoms with Crippen LogP contribution >= 0.6 is 0 Å². The number of carbonyl (C=O) groups is 1. The second-order valence-corrected chi connectivity index (χ2v) is 7.50. The maximum absolute atomic E-state index is 11.9. The summed E-state index contributed by atoms with van der Waals surface area (Å²) in [4.78, 5) is 11.9. The minimum Gasteiger partial charge on any atom is -0.453 e. The Hall–Kier alpha value is -4.13. The van der Waals surface area contributed by atoms with Crippen molar-refractivity contribution in [3.05, 3.63) is 0 Å². The summed E-state index contributed by atoms with van der Waals surface area (Å²) in [6, 6.07) is 0. The lowest BCUT2D eigenvalue weighted by atomic mass is 9.80. The normalized spacial score (nSPS) is 14.3. The fraction of sp³-hybridized carbons (Fsp3) is 0.393. The number of hydrogen-bond donors (Lipinski definition) is 1. The summed E-state index contributed by atoms with van der Waals surface area (Å²) in [7, 11) is 0. The molecule has 0 atom stereocenters. The van der Waals surface area contributed by atoms with Crippen LogP contribution in [0.4, 0.5) is 0 Å². The fourth-order valence-corrected chi connectivity index (χ4v) is 2.96. The zero-order chi connectivity index (χ0) is 23.2. The monoisotopic (exact) mass is 455 g/mol. The predicted octanol–water partition coefficient (Wildman–Crippen LogP) is 6.56. The first-order valence-electron chi connectivity index (χ1n) is 9.31. The highest BCUT2D eigenvalue weighted by atomic mass is 16.5. The van der Waals surface area contributed by atoms with E-state index >= 15 is 0 Å². The summed E-state index contributed by atoms with van der Waals surface area (Å²) in [5.74, 6) is 39.2. The Morgan fingerprint density at radius 1 is 0.781 bits per heavy atom. The van der Waals surface area contributed by atoms with Gasteiger partial charge in [0.25, 0.3) is 0 Å². The van der Waals surface area contributed by atoms with Gasteiger partial charge in [-0.15, -0.1) is 0 Å². The second-order valence-electron chi connectivity index (χ2n) is 7.50. The maximum atomic E-state index is 11.9. The molecule has 0 unspecified atom stereocenters. The van der Waals surface area contributed by atoms with Gasteiger partial charge in [0, 0.05) is 52.7 Å². The van der Waals surface area contributed by atoms with Gasteiger partial charge in [-0.1, -0.05) is 13.3 Å². The number of ether oxygens (including phenoxy) is 1. The zero-order valence-corrected chi connectivity index (χ0v) is 18.2. The van der Waals surface area contributed by atoms with E-state index in [9.17, 15) is 10.0 Å². The van der Waals surface area contributed by atoms with E-state index in [1.165, 1.54) is 5.06 Å². The van der Waals surface area contributed by atoms with Crippen LogP contribution in [0.15, 0.2) is 0 Å². The molecule has 1 N–H and O–H groups in total. The van der Waals surface area contributed by atoms with Crippen molar-refractivity contribution < 1.29 is 37.6 Å². The van der Waals surface area contributed by atoms with Crippen molar-refractivity contribution in [1.82, 2.24) is 5.06 Å². The smallest absolute Gasteiger partial charge is 0.385 e. The molecule has 4 heteroatoms. The minimum atomic E-state index is -0.659. The SMILES string of the molecule is C.CC#CC#CC#CC#CC#CC#CC#CC#CC(=O)OC1CC(C)(C)N(O)C(C)(C)C1.[HH].[HH].[HH].[HH].[HH].[HH].[HH].[HH].[HH].[HH].[HH].[HH].[HH].[HH].[HH].[HH]. The van der Waals surface area contributed by atoms with Crippen LogP contribution in [0.5, 0.6) is 0 Å². The Labute approximate surface area is 216 Å². The molecule has 0 aromatic rings. The van der Waals surface area contributed by atoms with Crippen molar-refractivity contribution in [2.24, 2.45) is 0 Å². The van der Waals surface area contributed by atoms with Gasteiger partial charge < -0.3 is 9.94 Å². The largest absolute Gasteiger partial charge is 0.453 e. The van der Waals surface area contributed by atoms with Crippen LogP contribution in [0.3, 0.4) is 0 Å². The molecule has 1 aliphatic rings. The predicted molar refractivity (Wildman–Crippen MR) is 159 cm³/mol. The maximum Gasteiger partial charge on any atom is 0.385 e. The van der Waals surface area contributed by atoms with Gasteiger partial charge in [-0.3, -0.25) is 0 Å². The molecule has 0 amide bonds. The Balaban J connectivity index is -0.0000000377. The van der Waals surface area contributed by atoms with E-state index in [-0.39, 0.29) is 36.4 Å². The Kier molecular flexibility index (Phi) is 12.2. The highest BCUT2D eigenvalue weighted by Crippen LogP contribution is 2.37. The quantitative estimate of drug-likeness (QED) is 0.276. The molecule has 192 valence electrons.